The Hall–Kier alpha value is -1.01. The van der Waals surface area contributed by atoms with E-state index in [1.807, 2.05) is 0 Å². The van der Waals surface area contributed by atoms with Crippen LogP contribution in [-0.2, 0) is 9.84 Å². The summed E-state index contributed by atoms with van der Waals surface area (Å²) in [5.74, 6) is -2.15. The average Bonchev–Trinajstić information content (AvgIpc) is 2.41. The molecule has 2 rings (SSSR count). The van der Waals surface area contributed by atoms with Gasteiger partial charge in [0, 0.05) is 6.04 Å². The molecule has 1 N–H and O–H groups in total. The van der Waals surface area contributed by atoms with Gasteiger partial charge in [-0.15, -0.1) is 0 Å². The van der Waals surface area contributed by atoms with Gasteiger partial charge in [0.1, 0.15) is 0 Å². The third-order valence-electron chi connectivity index (χ3n) is 4.19. The number of rotatable bonds is 3. The minimum absolute atomic E-state index is 0.132. The lowest BCUT2D eigenvalue weighted by atomic mass is 9.96. The molecule has 3 nitrogen and oxygen atoms in total. The molecule has 1 aromatic rings. The predicted molar refractivity (Wildman–Crippen MR) is 77.9 cm³/mol. The highest BCUT2D eigenvalue weighted by molar-refractivity contribution is 7.92. The fourth-order valence-electron chi connectivity index (χ4n) is 2.98. The lowest BCUT2D eigenvalue weighted by Crippen LogP contribution is -2.43. The molecule has 1 aliphatic rings. The Labute approximate surface area is 124 Å². The van der Waals surface area contributed by atoms with Gasteiger partial charge in [0.15, 0.2) is 21.5 Å². The Bertz CT molecular complexity index is 589. The molecule has 0 bridgehead atoms. The zero-order valence-corrected chi connectivity index (χ0v) is 12.9. The standard InChI is InChI=1S/C15H21F2NO2S/c1-18-14-6-4-2-3-5-7-15(14)21(19,20)11-8-9-12(16)13(17)10-11/h8-10,14-15,18H,2-7H2,1H3. The Balaban J connectivity index is 2.36. The Morgan fingerprint density at radius 3 is 2.33 bits per heavy atom. The molecule has 0 heterocycles. The van der Waals surface area contributed by atoms with Crippen molar-refractivity contribution >= 4 is 9.84 Å². The highest BCUT2D eigenvalue weighted by atomic mass is 32.2. The van der Waals surface area contributed by atoms with Crippen molar-refractivity contribution in [2.24, 2.45) is 0 Å². The first-order chi connectivity index (χ1) is 9.96. The second-order valence-corrected chi connectivity index (χ2v) is 7.71. The molecule has 0 spiro atoms. The predicted octanol–water partition coefficient (Wildman–Crippen LogP) is 3.05. The largest absolute Gasteiger partial charge is 0.316 e. The first-order valence-electron chi connectivity index (χ1n) is 7.33. The SMILES string of the molecule is CNC1CCCCCCC1S(=O)(=O)c1ccc(F)c(F)c1. The third-order valence-corrected chi connectivity index (χ3v) is 6.46. The maximum absolute atomic E-state index is 13.3. The van der Waals surface area contributed by atoms with E-state index in [4.69, 9.17) is 0 Å². The van der Waals surface area contributed by atoms with Gasteiger partial charge in [0.2, 0.25) is 0 Å². The maximum atomic E-state index is 13.3. The molecule has 2 unspecified atom stereocenters. The van der Waals surface area contributed by atoms with Gasteiger partial charge in [-0.05, 0) is 38.1 Å². The van der Waals surface area contributed by atoms with Crippen LogP contribution in [0.3, 0.4) is 0 Å². The quantitative estimate of drug-likeness (QED) is 0.872. The number of sulfone groups is 1. The lowest BCUT2D eigenvalue weighted by molar-refractivity contribution is 0.405. The molecule has 6 heteroatoms. The Morgan fingerprint density at radius 2 is 1.71 bits per heavy atom. The van der Waals surface area contributed by atoms with Gasteiger partial charge in [-0.1, -0.05) is 25.7 Å². The van der Waals surface area contributed by atoms with E-state index in [-0.39, 0.29) is 10.9 Å². The summed E-state index contributed by atoms with van der Waals surface area (Å²) in [5, 5.41) is 2.49. The van der Waals surface area contributed by atoms with Crippen LogP contribution in [0.25, 0.3) is 0 Å². The van der Waals surface area contributed by atoms with Crippen molar-refractivity contribution in [3.05, 3.63) is 29.8 Å². The van der Waals surface area contributed by atoms with Crippen LogP contribution in [0.1, 0.15) is 38.5 Å². The minimum Gasteiger partial charge on any atom is -0.316 e. The average molecular weight is 317 g/mol. The molecule has 0 saturated heterocycles. The summed E-state index contributed by atoms with van der Waals surface area (Å²) < 4.78 is 51.9. The molecule has 1 aromatic carbocycles. The van der Waals surface area contributed by atoms with Crippen molar-refractivity contribution in [2.45, 2.75) is 54.7 Å². The van der Waals surface area contributed by atoms with Crippen molar-refractivity contribution in [1.29, 1.82) is 0 Å². The summed E-state index contributed by atoms with van der Waals surface area (Å²) >= 11 is 0. The van der Waals surface area contributed by atoms with Gasteiger partial charge in [-0.3, -0.25) is 0 Å². The molecule has 1 aliphatic carbocycles. The summed E-state index contributed by atoms with van der Waals surface area (Å²) in [6.07, 6.45) is 5.27. The number of benzene rings is 1. The molecule has 118 valence electrons. The summed E-state index contributed by atoms with van der Waals surface area (Å²) in [7, 11) is -1.92. The van der Waals surface area contributed by atoms with Gasteiger partial charge in [0.25, 0.3) is 0 Å². The van der Waals surface area contributed by atoms with Gasteiger partial charge in [-0.25, -0.2) is 17.2 Å². The Morgan fingerprint density at radius 1 is 1.05 bits per heavy atom. The van der Waals surface area contributed by atoms with Crippen LogP contribution in [0.5, 0.6) is 0 Å². The summed E-state index contributed by atoms with van der Waals surface area (Å²) in [6, 6.07) is 2.66. The molecule has 0 amide bonds. The Kier molecular flexibility index (Phi) is 5.32. The molecule has 0 radical (unpaired) electrons. The monoisotopic (exact) mass is 317 g/mol. The van der Waals surface area contributed by atoms with E-state index in [1.165, 1.54) is 0 Å². The number of hydrogen-bond acceptors (Lipinski definition) is 3. The van der Waals surface area contributed by atoms with Gasteiger partial charge >= 0.3 is 0 Å². The van der Waals surface area contributed by atoms with E-state index in [0.29, 0.717) is 6.42 Å². The molecule has 1 fully saturated rings. The fourth-order valence-corrected chi connectivity index (χ4v) is 5.04. The van der Waals surface area contributed by atoms with Crippen LogP contribution in [0.15, 0.2) is 23.1 Å². The van der Waals surface area contributed by atoms with E-state index < -0.39 is 26.7 Å². The molecule has 1 saturated carbocycles. The van der Waals surface area contributed by atoms with Crippen LogP contribution in [0.4, 0.5) is 8.78 Å². The summed E-state index contributed by atoms with van der Waals surface area (Å²) in [4.78, 5) is -0.132. The van der Waals surface area contributed by atoms with Crippen LogP contribution < -0.4 is 5.32 Å². The normalized spacial score (nSPS) is 24.3. The minimum atomic E-state index is -3.67. The smallest absolute Gasteiger partial charge is 0.182 e. The van der Waals surface area contributed by atoms with Crippen molar-refractivity contribution in [3.63, 3.8) is 0 Å². The van der Waals surface area contributed by atoms with Gasteiger partial charge in [0.05, 0.1) is 10.1 Å². The highest BCUT2D eigenvalue weighted by Crippen LogP contribution is 2.28. The van der Waals surface area contributed by atoms with Crippen LogP contribution in [-0.4, -0.2) is 26.8 Å². The molecule has 2 atom stereocenters. The van der Waals surface area contributed by atoms with Crippen LogP contribution in [0.2, 0.25) is 0 Å². The molecule has 0 aliphatic heterocycles. The van der Waals surface area contributed by atoms with E-state index in [9.17, 15) is 17.2 Å². The zero-order chi connectivity index (χ0) is 15.5. The highest BCUT2D eigenvalue weighted by Gasteiger charge is 2.34. The maximum Gasteiger partial charge on any atom is 0.182 e. The van der Waals surface area contributed by atoms with E-state index >= 15 is 0 Å². The second-order valence-electron chi connectivity index (χ2n) is 5.55. The van der Waals surface area contributed by atoms with Crippen molar-refractivity contribution < 1.29 is 17.2 Å². The van der Waals surface area contributed by atoms with Gasteiger partial charge < -0.3 is 5.32 Å². The van der Waals surface area contributed by atoms with Crippen LogP contribution in [0, 0.1) is 11.6 Å². The molecular weight excluding hydrogens is 296 g/mol. The number of hydrogen-bond donors (Lipinski definition) is 1. The first-order valence-corrected chi connectivity index (χ1v) is 8.87. The molecule has 0 aromatic heterocycles. The van der Waals surface area contributed by atoms with Crippen molar-refractivity contribution in [3.8, 4) is 0 Å². The number of halogens is 2. The van der Waals surface area contributed by atoms with Crippen molar-refractivity contribution in [1.82, 2.24) is 5.32 Å². The van der Waals surface area contributed by atoms with Gasteiger partial charge in [-0.2, -0.15) is 0 Å². The van der Waals surface area contributed by atoms with Crippen LogP contribution >= 0.6 is 0 Å². The summed E-state index contributed by atoms with van der Waals surface area (Å²) in [6.45, 7) is 0. The van der Waals surface area contributed by atoms with E-state index in [2.05, 4.69) is 5.32 Å². The zero-order valence-electron chi connectivity index (χ0n) is 12.1. The lowest BCUT2D eigenvalue weighted by Gasteiger charge is -2.29. The van der Waals surface area contributed by atoms with E-state index in [0.717, 1.165) is 50.3 Å². The summed E-state index contributed by atoms with van der Waals surface area (Å²) in [5.41, 5.74) is 0. The molecule has 21 heavy (non-hydrogen) atoms. The van der Waals surface area contributed by atoms with E-state index in [1.54, 1.807) is 7.05 Å². The fraction of sp³-hybridized carbons (Fsp3) is 0.600. The third kappa shape index (κ3) is 3.61. The molecular formula is C15H21F2NO2S. The first kappa shape index (κ1) is 16.4. The second kappa shape index (κ2) is 6.83. The van der Waals surface area contributed by atoms with Crippen molar-refractivity contribution in [2.75, 3.05) is 7.05 Å². The number of nitrogens with one attached hydrogen (secondary N) is 1. The topological polar surface area (TPSA) is 46.2 Å².